The number of aliphatic hydroxyl groups excluding tert-OH is 1. The second-order valence-electron chi connectivity index (χ2n) is 2.63. The first-order valence-electron chi connectivity index (χ1n) is 3.46. The minimum atomic E-state index is 0.0223. The molecule has 12 heavy (non-hydrogen) atoms. The molecule has 1 aromatic rings. The van der Waals surface area contributed by atoms with Crippen molar-refractivity contribution in [3.05, 3.63) is 33.4 Å². The molecule has 0 saturated heterocycles. The first-order valence-corrected chi connectivity index (χ1v) is 4.54. The van der Waals surface area contributed by atoms with Gasteiger partial charge in [0.2, 0.25) is 0 Å². The Morgan fingerprint density at radius 3 is 2.67 bits per heavy atom. The Morgan fingerprint density at radius 1 is 1.58 bits per heavy atom. The van der Waals surface area contributed by atoms with Gasteiger partial charge in [0.15, 0.2) is 0 Å². The summed E-state index contributed by atoms with van der Waals surface area (Å²) in [6.07, 6.45) is 0. The summed E-state index contributed by atoms with van der Waals surface area (Å²) in [6.45, 7) is 5.35. The molecule has 0 spiro atoms. The number of hydrogen-bond donors (Lipinski definition) is 2. The zero-order valence-electron chi connectivity index (χ0n) is 6.76. The molecule has 3 N–H and O–H groups in total. The van der Waals surface area contributed by atoms with E-state index in [-0.39, 0.29) is 5.76 Å². The van der Waals surface area contributed by atoms with Gasteiger partial charge >= 0.3 is 0 Å². The summed E-state index contributed by atoms with van der Waals surface area (Å²) in [6, 6.07) is 3.77. The van der Waals surface area contributed by atoms with Crippen LogP contribution in [0.2, 0.25) is 0 Å². The van der Waals surface area contributed by atoms with Crippen molar-refractivity contribution in [2.75, 3.05) is 5.73 Å². The highest BCUT2D eigenvalue weighted by Gasteiger charge is 2.05. The van der Waals surface area contributed by atoms with Crippen LogP contribution in [0.5, 0.6) is 0 Å². The number of rotatable bonds is 1. The quantitative estimate of drug-likeness (QED) is 0.470. The summed E-state index contributed by atoms with van der Waals surface area (Å²) in [5, 5.41) is 9.18. The van der Waals surface area contributed by atoms with Gasteiger partial charge in [0, 0.05) is 14.8 Å². The number of nitrogen functional groups attached to an aromatic ring is 1. The molecule has 0 aromatic heterocycles. The Hall–Kier alpha value is -0.710. The number of aryl methyl sites for hydroxylation is 1. The van der Waals surface area contributed by atoms with Crippen molar-refractivity contribution in [1.29, 1.82) is 0 Å². The van der Waals surface area contributed by atoms with Gasteiger partial charge in [0.1, 0.15) is 5.76 Å². The largest absolute Gasteiger partial charge is 0.508 e. The van der Waals surface area contributed by atoms with Crippen molar-refractivity contribution >= 4 is 34.0 Å². The van der Waals surface area contributed by atoms with Gasteiger partial charge in [0.05, 0.1) is 0 Å². The van der Waals surface area contributed by atoms with Crippen LogP contribution < -0.4 is 5.73 Å². The fourth-order valence-corrected chi connectivity index (χ4v) is 1.77. The number of halogens is 1. The highest BCUT2D eigenvalue weighted by molar-refractivity contribution is 14.1. The van der Waals surface area contributed by atoms with E-state index >= 15 is 0 Å². The zero-order valence-corrected chi connectivity index (χ0v) is 8.92. The smallest absolute Gasteiger partial charge is 0.117 e. The highest BCUT2D eigenvalue weighted by atomic mass is 127. The minimum absolute atomic E-state index is 0.0223. The third-order valence-electron chi connectivity index (χ3n) is 1.66. The maximum atomic E-state index is 9.18. The van der Waals surface area contributed by atoms with E-state index in [0.717, 1.165) is 9.13 Å². The Bertz CT molecular complexity index is 334. The summed E-state index contributed by atoms with van der Waals surface area (Å²) in [7, 11) is 0. The van der Waals surface area contributed by atoms with Crippen molar-refractivity contribution in [3.63, 3.8) is 0 Å². The lowest BCUT2D eigenvalue weighted by Crippen LogP contribution is -1.97. The van der Waals surface area contributed by atoms with Crippen LogP contribution in [0, 0.1) is 10.5 Å². The molecule has 0 radical (unpaired) electrons. The number of benzene rings is 1. The van der Waals surface area contributed by atoms with E-state index < -0.39 is 0 Å². The molecule has 3 heteroatoms. The standard InChI is InChI=1S/C9H10INO/c1-5-3-7(10)4-8(6(2)12)9(5)11/h3-4,12H,2,11H2,1H3. The van der Waals surface area contributed by atoms with Gasteiger partial charge in [-0.15, -0.1) is 0 Å². The third kappa shape index (κ3) is 1.72. The van der Waals surface area contributed by atoms with Crippen LogP contribution in [0.25, 0.3) is 5.76 Å². The Balaban J connectivity index is 3.37. The predicted octanol–water partition coefficient (Wildman–Crippen LogP) is 2.71. The maximum absolute atomic E-state index is 9.18. The first-order chi connectivity index (χ1) is 5.52. The van der Waals surface area contributed by atoms with Gasteiger partial charge in [-0.3, -0.25) is 0 Å². The van der Waals surface area contributed by atoms with Crippen LogP contribution in [0.3, 0.4) is 0 Å². The summed E-state index contributed by atoms with van der Waals surface area (Å²) in [5.74, 6) is 0.0223. The highest BCUT2D eigenvalue weighted by Crippen LogP contribution is 2.24. The molecule has 0 amide bonds. The molecule has 2 nitrogen and oxygen atoms in total. The lowest BCUT2D eigenvalue weighted by molar-refractivity contribution is 0.514. The van der Waals surface area contributed by atoms with Crippen LogP contribution in [0.1, 0.15) is 11.1 Å². The van der Waals surface area contributed by atoms with E-state index in [1.54, 1.807) is 0 Å². The van der Waals surface area contributed by atoms with Crippen LogP contribution in [0.4, 0.5) is 5.69 Å². The topological polar surface area (TPSA) is 46.2 Å². The van der Waals surface area contributed by atoms with E-state index in [1.807, 2.05) is 19.1 Å². The molecule has 0 bridgehead atoms. The molecule has 0 atom stereocenters. The maximum Gasteiger partial charge on any atom is 0.117 e. The lowest BCUT2D eigenvalue weighted by Gasteiger charge is -2.07. The Kier molecular flexibility index (Phi) is 2.62. The summed E-state index contributed by atoms with van der Waals surface area (Å²) in [5.41, 5.74) is 7.92. The van der Waals surface area contributed by atoms with E-state index in [9.17, 15) is 5.11 Å². The Morgan fingerprint density at radius 2 is 2.17 bits per heavy atom. The van der Waals surface area contributed by atoms with Crippen LogP contribution in [0.15, 0.2) is 18.7 Å². The number of anilines is 1. The van der Waals surface area contributed by atoms with E-state index in [4.69, 9.17) is 5.73 Å². The average molecular weight is 275 g/mol. The molecule has 64 valence electrons. The number of hydrogen-bond acceptors (Lipinski definition) is 2. The SMILES string of the molecule is C=C(O)c1cc(I)cc(C)c1N. The zero-order chi connectivity index (χ0) is 9.30. The van der Waals surface area contributed by atoms with Gasteiger partial charge in [-0.2, -0.15) is 0 Å². The Labute approximate surface area is 85.2 Å². The second-order valence-corrected chi connectivity index (χ2v) is 3.88. The van der Waals surface area contributed by atoms with Gasteiger partial charge in [-0.05, 0) is 47.2 Å². The van der Waals surface area contributed by atoms with Crippen molar-refractivity contribution in [1.82, 2.24) is 0 Å². The molecule has 1 rings (SSSR count). The van der Waals surface area contributed by atoms with E-state index in [2.05, 4.69) is 29.2 Å². The molecule has 1 aromatic carbocycles. The van der Waals surface area contributed by atoms with E-state index in [1.165, 1.54) is 0 Å². The summed E-state index contributed by atoms with van der Waals surface area (Å²) < 4.78 is 1.05. The van der Waals surface area contributed by atoms with Crippen molar-refractivity contribution in [2.45, 2.75) is 6.92 Å². The molecule has 0 unspecified atom stereocenters. The third-order valence-corrected chi connectivity index (χ3v) is 2.29. The molecular formula is C9H10INO. The molecule has 0 fully saturated rings. The van der Waals surface area contributed by atoms with Crippen LogP contribution >= 0.6 is 22.6 Å². The van der Waals surface area contributed by atoms with E-state index in [0.29, 0.717) is 11.3 Å². The average Bonchev–Trinajstić information content (AvgIpc) is 1.96. The fourth-order valence-electron chi connectivity index (χ4n) is 0.993. The molecule has 0 heterocycles. The lowest BCUT2D eigenvalue weighted by atomic mass is 10.1. The monoisotopic (exact) mass is 275 g/mol. The van der Waals surface area contributed by atoms with Gasteiger partial charge < -0.3 is 10.8 Å². The second kappa shape index (κ2) is 3.35. The normalized spacial score (nSPS) is 9.83. The summed E-state index contributed by atoms with van der Waals surface area (Å²) in [4.78, 5) is 0. The molecule has 0 aliphatic heterocycles. The first kappa shape index (κ1) is 9.38. The van der Waals surface area contributed by atoms with Gasteiger partial charge in [0.25, 0.3) is 0 Å². The molecular weight excluding hydrogens is 265 g/mol. The molecule has 0 aliphatic rings. The molecule has 0 aliphatic carbocycles. The van der Waals surface area contributed by atoms with Crippen LogP contribution in [-0.2, 0) is 0 Å². The minimum Gasteiger partial charge on any atom is -0.508 e. The van der Waals surface area contributed by atoms with Crippen LogP contribution in [-0.4, -0.2) is 5.11 Å². The molecule has 0 saturated carbocycles. The van der Waals surface area contributed by atoms with Crippen molar-refractivity contribution in [3.8, 4) is 0 Å². The number of aliphatic hydroxyl groups is 1. The van der Waals surface area contributed by atoms with Crippen molar-refractivity contribution in [2.24, 2.45) is 0 Å². The summed E-state index contributed by atoms with van der Waals surface area (Å²) >= 11 is 2.17. The predicted molar refractivity (Wildman–Crippen MR) is 60.0 cm³/mol. The van der Waals surface area contributed by atoms with Crippen molar-refractivity contribution < 1.29 is 5.11 Å². The van der Waals surface area contributed by atoms with Gasteiger partial charge in [-0.25, -0.2) is 0 Å². The fraction of sp³-hybridized carbons (Fsp3) is 0.111. The van der Waals surface area contributed by atoms with Gasteiger partial charge in [-0.1, -0.05) is 6.58 Å². The number of nitrogens with two attached hydrogens (primary N) is 1.